The molecule has 0 radical (unpaired) electrons. The molecule has 0 bridgehead atoms. The molecule has 1 heterocycles. The summed E-state index contributed by atoms with van der Waals surface area (Å²) in [5.74, 6) is 0.760. The highest BCUT2D eigenvalue weighted by molar-refractivity contribution is 5.65. The van der Waals surface area contributed by atoms with Crippen molar-refractivity contribution >= 4 is 11.4 Å². The minimum Gasteiger partial charge on any atom is -0.493 e. The van der Waals surface area contributed by atoms with Crippen LogP contribution in [0.5, 0.6) is 17.4 Å². The van der Waals surface area contributed by atoms with E-state index in [1.54, 1.807) is 33.3 Å². The summed E-state index contributed by atoms with van der Waals surface area (Å²) in [5, 5.41) is 28.7. The van der Waals surface area contributed by atoms with E-state index in [-0.39, 0.29) is 23.4 Å². The van der Waals surface area contributed by atoms with Crippen LogP contribution in [0.4, 0.5) is 11.4 Å². The van der Waals surface area contributed by atoms with Gasteiger partial charge in [-0.05, 0) is 54.3 Å². The Morgan fingerprint density at radius 3 is 2.24 bits per heavy atom. The largest absolute Gasteiger partial charge is 0.493 e. The number of rotatable bonds is 8. The fourth-order valence-electron chi connectivity index (χ4n) is 4.00. The van der Waals surface area contributed by atoms with Crippen LogP contribution in [0.3, 0.4) is 0 Å². The molecule has 0 spiro atoms. The van der Waals surface area contributed by atoms with E-state index in [1.807, 2.05) is 66.7 Å². The van der Waals surface area contributed by atoms with Gasteiger partial charge < -0.3 is 14.6 Å². The second kappa shape index (κ2) is 11.2. The maximum Gasteiger partial charge on any atom is 0.281 e. The Labute approximate surface area is 214 Å². The number of aryl methyl sites for hydroxylation is 1. The van der Waals surface area contributed by atoms with E-state index in [4.69, 9.17) is 9.47 Å². The highest BCUT2D eigenvalue weighted by Gasteiger charge is 2.19. The van der Waals surface area contributed by atoms with E-state index in [0.29, 0.717) is 23.6 Å². The summed E-state index contributed by atoms with van der Waals surface area (Å²) in [7, 11) is 3.10. The maximum atomic E-state index is 13.3. The van der Waals surface area contributed by atoms with Crippen molar-refractivity contribution in [3.05, 3.63) is 99.8 Å². The van der Waals surface area contributed by atoms with E-state index in [9.17, 15) is 15.2 Å². The molecule has 8 nitrogen and oxygen atoms in total. The van der Waals surface area contributed by atoms with Gasteiger partial charge in [0.05, 0.1) is 19.9 Å². The van der Waals surface area contributed by atoms with Crippen molar-refractivity contribution in [3.63, 3.8) is 0 Å². The van der Waals surface area contributed by atoms with Crippen LogP contribution in [-0.2, 0) is 13.0 Å². The third kappa shape index (κ3) is 5.36. The minimum absolute atomic E-state index is 0.00815. The SMILES string of the molecule is COc1ccc(CCn2c(O)c(C#N)c(C)c(N=Nc3ccc(-c4ccccc4)cc3)c2=O)cc1OC. The van der Waals surface area contributed by atoms with Crippen molar-refractivity contribution in [2.75, 3.05) is 14.2 Å². The van der Waals surface area contributed by atoms with Crippen LogP contribution in [-0.4, -0.2) is 23.9 Å². The molecule has 4 rings (SSSR count). The van der Waals surface area contributed by atoms with Crippen molar-refractivity contribution in [3.8, 4) is 34.6 Å². The van der Waals surface area contributed by atoms with E-state index >= 15 is 0 Å². The van der Waals surface area contributed by atoms with Crippen LogP contribution >= 0.6 is 0 Å². The molecule has 0 aliphatic rings. The zero-order valence-corrected chi connectivity index (χ0v) is 20.8. The third-order valence-electron chi connectivity index (χ3n) is 6.08. The van der Waals surface area contributed by atoms with Crippen molar-refractivity contribution < 1.29 is 14.6 Å². The summed E-state index contributed by atoms with van der Waals surface area (Å²) in [6.07, 6.45) is 0.402. The fourth-order valence-corrected chi connectivity index (χ4v) is 4.00. The Balaban J connectivity index is 1.63. The molecule has 8 heteroatoms. The molecule has 0 atom stereocenters. The van der Waals surface area contributed by atoms with Crippen molar-refractivity contribution in [1.82, 2.24) is 4.57 Å². The van der Waals surface area contributed by atoms with Crippen molar-refractivity contribution in [2.24, 2.45) is 10.2 Å². The number of azo groups is 1. The average Bonchev–Trinajstić information content (AvgIpc) is 2.93. The van der Waals surface area contributed by atoms with Crippen LogP contribution in [0.25, 0.3) is 11.1 Å². The molecule has 0 amide bonds. The van der Waals surface area contributed by atoms with Gasteiger partial charge in [-0.25, -0.2) is 0 Å². The molecule has 0 unspecified atom stereocenters. The van der Waals surface area contributed by atoms with Gasteiger partial charge in [0.25, 0.3) is 5.56 Å². The summed E-state index contributed by atoms with van der Waals surface area (Å²) < 4.78 is 11.8. The van der Waals surface area contributed by atoms with Gasteiger partial charge >= 0.3 is 0 Å². The van der Waals surface area contributed by atoms with Crippen LogP contribution < -0.4 is 15.0 Å². The van der Waals surface area contributed by atoms with E-state index < -0.39 is 11.4 Å². The van der Waals surface area contributed by atoms with Gasteiger partial charge in [-0.3, -0.25) is 9.36 Å². The lowest BCUT2D eigenvalue weighted by Crippen LogP contribution is -2.23. The Morgan fingerprint density at radius 2 is 1.59 bits per heavy atom. The standard InChI is InChI=1S/C29H26N4O4/c1-19-24(18-30)28(34)33(16-15-20-9-14-25(36-2)26(17-20)37-3)29(35)27(19)32-31-23-12-10-22(11-13-23)21-7-5-4-6-8-21/h4-14,17,34H,15-16H2,1-3H3. The number of hydrogen-bond donors (Lipinski definition) is 1. The van der Waals surface area contributed by atoms with Gasteiger partial charge in [-0.2, -0.15) is 10.4 Å². The zero-order valence-electron chi connectivity index (χ0n) is 20.8. The lowest BCUT2D eigenvalue weighted by molar-refractivity contribution is 0.354. The first kappa shape index (κ1) is 25.2. The number of nitriles is 1. The number of aromatic hydroxyl groups is 1. The second-order valence-electron chi connectivity index (χ2n) is 8.29. The maximum absolute atomic E-state index is 13.3. The van der Waals surface area contributed by atoms with E-state index in [0.717, 1.165) is 21.3 Å². The van der Waals surface area contributed by atoms with Crippen LogP contribution in [0.1, 0.15) is 16.7 Å². The monoisotopic (exact) mass is 494 g/mol. The summed E-state index contributed by atoms with van der Waals surface area (Å²) in [6.45, 7) is 1.70. The highest BCUT2D eigenvalue weighted by atomic mass is 16.5. The number of benzene rings is 3. The first-order valence-electron chi connectivity index (χ1n) is 11.6. The van der Waals surface area contributed by atoms with Crippen molar-refractivity contribution in [2.45, 2.75) is 19.9 Å². The van der Waals surface area contributed by atoms with Crippen molar-refractivity contribution in [1.29, 1.82) is 5.26 Å². The topological polar surface area (TPSA) is 109 Å². The number of methoxy groups -OCH3 is 2. The third-order valence-corrected chi connectivity index (χ3v) is 6.08. The molecule has 0 saturated carbocycles. The Bertz CT molecular complexity index is 1540. The summed E-state index contributed by atoms with van der Waals surface area (Å²) in [6, 6.07) is 24.8. The van der Waals surface area contributed by atoms with Gasteiger partial charge in [0.2, 0.25) is 5.88 Å². The molecular weight excluding hydrogens is 468 g/mol. The molecule has 1 N–H and O–H groups in total. The Kier molecular flexibility index (Phi) is 7.65. The number of ether oxygens (including phenoxy) is 2. The average molecular weight is 495 g/mol. The smallest absolute Gasteiger partial charge is 0.281 e. The molecule has 4 aromatic rings. The van der Waals surface area contributed by atoms with Gasteiger partial charge in [0.1, 0.15) is 11.6 Å². The lowest BCUT2D eigenvalue weighted by atomic mass is 10.1. The van der Waals surface area contributed by atoms with Crippen LogP contribution in [0, 0.1) is 18.3 Å². The lowest BCUT2D eigenvalue weighted by Gasteiger charge is -2.14. The highest BCUT2D eigenvalue weighted by Crippen LogP contribution is 2.30. The Morgan fingerprint density at radius 1 is 0.919 bits per heavy atom. The summed E-state index contributed by atoms with van der Waals surface area (Å²) in [4.78, 5) is 13.3. The predicted molar refractivity (Wildman–Crippen MR) is 141 cm³/mol. The van der Waals surface area contributed by atoms with Crippen LogP contribution in [0.2, 0.25) is 0 Å². The quantitative estimate of drug-likeness (QED) is 0.299. The summed E-state index contributed by atoms with van der Waals surface area (Å²) >= 11 is 0. The molecule has 0 aliphatic heterocycles. The predicted octanol–water partition coefficient (Wildman–Crippen LogP) is 6.08. The fraction of sp³-hybridized carbons (Fsp3) is 0.172. The summed E-state index contributed by atoms with van der Waals surface area (Å²) in [5.41, 5.74) is 3.28. The molecule has 0 saturated heterocycles. The normalized spacial score (nSPS) is 10.9. The van der Waals surface area contributed by atoms with Gasteiger partial charge in [-0.15, -0.1) is 5.11 Å². The van der Waals surface area contributed by atoms with Gasteiger partial charge in [0, 0.05) is 12.1 Å². The minimum atomic E-state index is -0.529. The first-order valence-corrected chi connectivity index (χ1v) is 11.6. The molecule has 37 heavy (non-hydrogen) atoms. The molecule has 3 aromatic carbocycles. The zero-order chi connectivity index (χ0) is 26.4. The van der Waals surface area contributed by atoms with E-state index in [1.165, 1.54) is 0 Å². The Hall–Kier alpha value is -4.90. The molecule has 0 aliphatic carbocycles. The van der Waals surface area contributed by atoms with Gasteiger partial charge in [0.15, 0.2) is 17.2 Å². The molecule has 0 fully saturated rings. The number of aromatic nitrogens is 1. The first-order chi connectivity index (χ1) is 18.0. The molecule has 186 valence electrons. The number of nitrogens with zero attached hydrogens (tertiary/aromatic N) is 4. The van der Waals surface area contributed by atoms with E-state index in [2.05, 4.69) is 10.2 Å². The number of hydrogen-bond acceptors (Lipinski definition) is 7. The molecular formula is C29H26N4O4. The number of pyridine rings is 1. The molecule has 1 aromatic heterocycles. The van der Waals surface area contributed by atoms with Crippen LogP contribution in [0.15, 0.2) is 87.8 Å². The van der Waals surface area contributed by atoms with Gasteiger partial charge in [-0.1, -0.05) is 48.5 Å². The second-order valence-corrected chi connectivity index (χ2v) is 8.29.